The van der Waals surface area contributed by atoms with Crippen LogP contribution in [0.2, 0.25) is 0 Å². The van der Waals surface area contributed by atoms with Gasteiger partial charge in [-0.2, -0.15) is 0 Å². The number of nitrogens with one attached hydrogen (secondary N) is 1. The molecule has 3 atom stereocenters. The largest absolute Gasteiger partial charge is 0.454 e. The molecule has 2 aliphatic rings. The molecule has 7 nitrogen and oxygen atoms in total. The van der Waals surface area contributed by atoms with Crippen molar-refractivity contribution in [3.63, 3.8) is 0 Å². The molecule has 1 N–H and O–H groups in total. The molecule has 1 fully saturated rings. The minimum absolute atomic E-state index is 0.0159. The molecule has 8 heteroatoms. The highest BCUT2D eigenvalue weighted by Crippen LogP contribution is 2.53. The van der Waals surface area contributed by atoms with Gasteiger partial charge in [0, 0.05) is 25.5 Å². The van der Waals surface area contributed by atoms with Crippen LogP contribution in [-0.4, -0.2) is 34.9 Å². The monoisotopic (exact) mass is 418 g/mol. The topological polar surface area (TPSA) is 84.4 Å². The molecule has 0 radical (unpaired) electrons. The highest BCUT2D eigenvalue weighted by Gasteiger charge is 2.52. The van der Waals surface area contributed by atoms with Crippen molar-refractivity contribution < 1.29 is 18.7 Å². The molecule has 0 spiro atoms. The zero-order chi connectivity index (χ0) is 21.5. The van der Waals surface area contributed by atoms with E-state index in [0.717, 1.165) is 12.0 Å². The third kappa shape index (κ3) is 3.50. The van der Waals surface area contributed by atoms with Crippen LogP contribution < -0.4 is 15.0 Å². The molecule has 3 heterocycles. The molecule has 5 rings (SSSR count). The molecule has 31 heavy (non-hydrogen) atoms. The van der Waals surface area contributed by atoms with Crippen LogP contribution in [0, 0.1) is 11.7 Å². The zero-order valence-electron chi connectivity index (χ0n) is 16.7. The molecule has 0 saturated heterocycles. The van der Waals surface area contributed by atoms with Crippen molar-refractivity contribution in [3.05, 3.63) is 78.0 Å². The summed E-state index contributed by atoms with van der Waals surface area (Å²) in [6.07, 6.45) is 3.88. The summed E-state index contributed by atoms with van der Waals surface area (Å²) in [5.74, 6) is -0.0520. The van der Waals surface area contributed by atoms with Crippen molar-refractivity contribution in [1.82, 2.24) is 15.3 Å². The maximum atomic E-state index is 13.9. The molecule has 1 saturated carbocycles. The molecule has 1 aliphatic carbocycles. The predicted molar refractivity (Wildman–Crippen MR) is 110 cm³/mol. The minimum Gasteiger partial charge on any atom is -0.454 e. The van der Waals surface area contributed by atoms with E-state index in [-0.39, 0.29) is 34.9 Å². The van der Waals surface area contributed by atoms with Gasteiger partial charge in [-0.3, -0.25) is 19.5 Å². The summed E-state index contributed by atoms with van der Waals surface area (Å²) < 4.78 is 19.4. The lowest BCUT2D eigenvalue weighted by molar-refractivity contribution is -0.120. The van der Waals surface area contributed by atoms with Crippen LogP contribution >= 0.6 is 0 Å². The third-order valence-corrected chi connectivity index (χ3v) is 5.71. The SMILES string of the molecule is CN1C(=O)[C@@H](NC(=O)c2cc(Oc3ccccc3F)ccn2)C2CC2c2cccnc21. The normalized spacial score (nSPS) is 21.5. The predicted octanol–water partition coefficient (Wildman–Crippen LogP) is 3.29. The van der Waals surface area contributed by atoms with Crippen molar-refractivity contribution >= 4 is 17.6 Å². The Balaban J connectivity index is 1.35. The second-order valence-corrected chi connectivity index (χ2v) is 7.68. The second-order valence-electron chi connectivity index (χ2n) is 7.68. The lowest BCUT2D eigenvalue weighted by Gasteiger charge is -2.22. The van der Waals surface area contributed by atoms with Gasteiger partial charge in [-0.15, -0.1) is 0 Å². The molecule has 1 aliphatic heterocycles. The van der Waals surface area contributed by atoms with Gasteiger partial charge in [0.25, 0.3) is 11.8 Å². The molecule has 2 unspecified atom stereocenters. The first-order chi connectivity index (χ1) is 15.0. The molecule has 2 amide bonds. The number of ether oxygens (including phenoxy) is 1. The fourth-order valence-electron chi connectivity index (χ4n) is 4.05. The van der Waals surface area contributed by atoms with Gasteiger partial charge >= 0.3 is 0 Å². The lowest BCUT2D eigenvalue weighted by atomic mass is 10.1. The van der Waals surface area contributed by atoms with Crippen molar-refractivity contribution in [1.29, 1.82) is 0 Å². The smallest absolute Gasteiger partial charge is 0.270 e. The Bertz CT molecular complexity index is 1180. The Hall–Kier alpha value is -3.81. The van der Waals surface area contributed by atoms with Gasteiger partial charge in [-0.1, -0.05) is 18.2 Å². The Kier molecular flexibility index (Phi) is 4.62. The number of aromatic nitrogens is 2. The average molecular weight is 418 g/mol. The van der Waals surface area contributed by atoms with Crippen LogP contribution in [0.5, 0.6) is 11.5 Å². The number of anilines is 1. The van der Waals surface area contributed by atoms with Crippen LogP contribution in [0.1, 0.15) is 28.4 Å². The number of rotatable bonds is 4. The maximum absolute atomic E-state index is 13.9. The van der Waals surface area contributed by atoms with Gasteiger partial charge in [0.1, 0.15) is 23.3 Å². The number of amides is 2. The lowest BCUT2D eigenvalue weighted by Crippen LogP contribution is -2.48. The molecule has 2 aromatic heterocycles. The van der Waals surface area contributed by atoms with Gasteiger partial charge in [0.2, 0.25) is 0 Å². The number of carbonyl (C=O) groups is 2. The van der Waals surface area contributed by atoms with Crippen LogP contribution in [0.3, 0.4) is 0 Å². The first-order valence-corrected chi connectivity index (χ1v) is 9.94. The maximum Gasteiger partial charge on any atom is 0.270 e. The van der Waals surface area contributed by atoms with Crippen LogP contribution in [0.25, 0.3) is 0 Å². The number of hydrogen-bond acceptors (Lipinski definition) is 5. The number of hydrogen-bond donors (Lipinski definition) is 1. The fraction of sp³-hybridized carbons (Fsp3) is 0.217. The van der Waals surface area contributed by atoms with E-state index in [9.17, 15) is 14.0 Å². The summed E-state index contributed by atoms with van der Waals surface area (Å²) >= 11 is 0. The van der Waals surface area contributed by atoms with E-state index in [2.05, 4.69) is 15.3 Å². The van der Waals surface area contributed by atoms with Crippen molar-refractivity contribution in [2.75, 3.05) is 11.9 Å². The number of pyridine rings is 2. The van der Waals surface area contributed by atoms with Crippen molar-refractivity contribution in [2.24, 2.45) is 5.92 Å². The van der Waals surface area contributed by atoms with Crippen molar-refractivity contribution in [3.8, 4) is 11.5 Å². The zero-order valence-corrected chi connectivity index (χ0v) is 16.7. The Morgan fingerprint density at radius 1 is 1.16 bits per heavy atom. The Labute approximate surface area is 177 Å². The van der Waals surface area contributed by atoms with E-state index in [1.54, 1.807) is 25.4 Å². The summed E-state index contributed by atoms with van der Waals surface area (Å²) in [5, 5.41) is 2.83. The number of benzene rings is 1. The van der Waals surface area contributed by atoms with Crippen LogP contribution in [0.4, 0.5) is 10.2 Å². The van der Waals surface area contributed by atoms with Crippen LogP contribution in [-0.2, 0) is 4.79 Å². The van der Waals surface area contributed by atoms with E-state index in [1.807, 2.05) is 12.1 Å². The Morgan fingerprint density at radius 3 is 2.84 bits per heavy atom. The first kappa shape index (κ1) is 19.2. The number of para-hydroxylation sites is 1. The molecule has 0 bridgehead atoms. The van der Waals surface area contributed by atoms with E-state index in [0.29, 0.717) is 5.82 Å². The van der Waals surface area contributed by atoms with Gasteiger partial charge in [0.15, 0.2) is 11.6 Å². The number of nitrogens with zero attached hydrogens (tertiary/aromatic N) is 3. The van der Waals surface area contributed by atoms with E-state index in [4.69, 9.17) is 4.74 Å². The molecular formula is C23H19FN4O3. The third-order valence-electron chi connectivity index (χ3n) is 5.71. The van der Waals surface area contributed by atoms with E-state index in [1.165, 1.54) is 35.4 Å². The van der Waals surface area contributed by atoms with Crippen LogP contribution in [0.15, 0.2) is 60.9 Å². The highest BCUT2D eigenvalue weighted by molar-refractivity contribution is 6.02. The van der Waals surface area contributed by atoms with Gasteiger partial charge < -0.3 is 10.1 Å². The molecule has 1 aromatic carbocycles. The molecule has 3 aromatic rings. The number of fused-ring (bicyclic) bond motifs is 3. The summed E-state index contributed by atoms with van der Waals surface area (Å²) in [7, 11) is 1.67. The van der Waals surface area contributed by atoms with Gasteiger partial charge in [-0.25, -0.2) is 9.37 Å². The summed E-state index contributed by atoms with van der Waals surface area (Å²) in [6, 6.07) is 12.1. The molecular weight excluding hydrogens is 399 g/mol. The fourth-order valence-corrected chi connectivity index (χ4v) is 4.05. The molecule has 156 valence electrons. The number of carbonyl (C=O) groups excluding carboxylic acids is 2. The summed E-state index contributed by atoms with van der Waals surface area (Å²) in [6.45, 7) is 0. The van der Waals surface area contributed by atoms with Gasteiger partial charge in [0.05, 0.1) is 0 Å². The van der Waals surface area contributed by atoms with Gasteiger partial charge in [-0.05, 0) is 48.1 Å². The average Bonchev–Trinajstić information content (AvgIpc) is 3.59. The van der Waals surface area contributed by atoms with E-state index >= 15 is 0 Å². The number of likely N-dealkylation sites (N-methyl/N-ethyl adjacent to an activating group) is 1. The van der Waals surface area contributed by atoms with E-state index < -0.39 is 17.8 Å². The standard InChI is InChI=1S/C23H19FN4O3/c1-28-21-14(5-4-9-26-21)15-12-16(15)20(23(28)30)27-22(29)18-11-13(8-10-25-18)31-19-7-3-2-6-17(19)24/h2-11,15-16,20H,12H2,1H3,(H,27,29)/t15?,16?,20-/m0/s1. The van der Waals surface area contributed by atoms with Crippen molar-refractivity contribution in [2.45, 2.75) is 18.4 Å². The Morgan fingerprint density at radius 2 is 2.00 bits per heavy atom. The first-order valence-electron chi connectivity index (χ1n) is 9.94. The quantitative estimate of drug-likeness (QED) is 0.703. The number of halogens is 1. The highest BCUT2D eigenvalue weighted by atomic mass is 19.1. The summed E-state index contributed by atoms with van der Waals surface area (Å²) in [4.78, 5) is 35.9. The summed E-state index contributed by atoms with van der Waals surface area (Å²) in [5.41, 5.74) is 1.11. The minimum atomic E-state index is -0.672. The second kappa shape index (κ2) is 7.46.